The first-order chi connectivity index (χ1) is 15.8. The van der Waals surface area contributed by atoms with Crippen molar-refractivity contribution in [3.8, 4) is 0 Å². The van der Waals surface area contributed by atoms with Gasteiger partial charge in [0.15, 0.2) is 0 Å². The molecule has 4 aromatic carbocycles. The average Bonchev–Trinajstić information content (AvgIpc) is 3.30. The monoisotopic (exact) mass is 431 g/mol. The Morgan fingerprint density at radius 3 is 1.34 bits per heavy atom. The molecule has 0 spiro atoms. The van der Waals surface area contributed by atoms with Gasteiger partial charge in [0, 0.05) is 18.9 Å². The Bertz CT molecular complexity index is 1170. The van der Waals surface area contributed by atoms with Gasteiger partial charge >= 0.3 is 0 Å². The highest BCUT2D eigenvalue weighted by molar-refractivity contribution is 7.14. The highest BCUT2D eigenvalue weighted by atomic mass is 28.3. The summed E-state index contributed by atoms with van der Waals surface area (Å²) in [5.74, 6) is 0. The lowest BCUT2D eigenvalue weighted by Crippen LogP contribution is -2.76. The largest absolute Gasteiger partial charge is 0.354 e. The Hall–Kier alpha value is -3.89. The van der Waals surface area contributed by atoms with Crippen LogP contribution in [0.15, 0.2) is 134 Å². The van der Waals surface area contributed by atoms with Gasteiger partial charge in [0.1, 0.15) is 0 Å². The number of aromatic nitrogens is 2. The molecular formula is C28H25N3Si. The highest BCUT2D eigenvalue weighted by Gasteiger charge is 2.47. The topological polar surface area (TPSA) is 21.1 Å². The standard InChI is InChI=1S/C28H25N3Si/c1-30-23-25(22-29-30)31(24-14-6-2-7-15-24)32(26-16-8-3-9-17-26,27-18-10-4-11-19-27)28-20-12-5-13-21-28/h2-23H,1H3. The van der Waals surface area contributed by atoms with Crippen LogP contribution in [0.2, 0.25) is 0 Å². The fraction of sp³-hybridized carbons (Fsp3) is 0.0357. The predicted molar refractivity (Wildman–Crippen MR) is 136 cm³/mol. The van der Waals surface area contributed by atoms with Gasteiger partial charge in [-0.2, -0.15) is 5.10 Å². The first kappa shape index (κ1) is 20.0. The SMILES string of the molecule is Cn1cc(N(c2ccccc2)[Si](c2ccccc2)(c2ccccc2)c2ccccc2)cn1. The van der Waals surface area contributed by atoms with Crippen LogP contribution in [0.3, 0.4) is 0 Å². The predicted octanol–water partition coefficient (Wildman–Crippen LogP) is 4.23. The fourth-order valence-corrected chi connectivity index (χ4v) is 9.40. The number of hydrogen-bond acceptors (Lipinski definition) is 2. The molecule has 0 N–H and O–H groups in total. The summed E-state index contributed by atoms with van der Waals surface area (Å²) in [5.41, 5.74) is 2.24. The molecule has 0 aliphatic carbocycles. The molecule has 0 bridgehead atoms. The van der Waals surface area contributed by atoms with Gasteiger partial charge in [0.2, 0.25) is 0 Å². The van der Waals surface area contributed by atoms with E-state index in [1.165, 1.54) is 15.6 Å². The minimum Gasteiger partial charge on any atom is -0.354 e. The molecule has 5 rings (SSSR count). The number of para-hydroxylation sites is 1. The van der Waals surface area contributed by atoms with Crippen LogP contribution >= 0.6 is 0 Å². The summed E-state index contributed by atoms with van der Waals surface area (Å²) in [6.07, 6.45) is 4.09. The second-order valence-corrected chi connectivity index (χ2v) is 11.5. The van der Waals surface area contributed by atoms with Gasteiger partial charge in [-0.1, -0.05) is 109 Å². The molecule has 0 saturated carbocycles. The lowest BCUT2D eigenvalue weighted by Gasteiger charge is -2.44. The summed E-state index contributed by atoms with van der Waals surface area (Å²) < 4.78 is 4.42. The lowest BCUT2D eigenvalue weighted by atomic mass is 10.3. The van der Waals surface area contributed by atoms with Crippen molar-refractivity contribution in [3.63, 3.8) is 0 Å². The Morgan fingerprint density at radius 2 is 0.969 bits per heavy atom. The van der Waals surface area contributed by atoms with Gasteiger partial charge < -0.3 is 4.57 Å². The van der Waals surface area contributed by atoms with Crippen molar-refractivity contribution in [3.05, 3.63) is 134 Å². The molecule has 1 aromatic heterocycles. The number of rotatable bonds is 6. The smallest absolute Gasteiger partial charge is 0.257 e. The van der Waals surface area contributed by atoms with Gasteiger partial charge in [-0.3, -0.25) is 4.68 Å². The van der Waals surface area contributed by atoms with Crippen LogP contribution in [0.4, 0.5) is 11.4 Å². The van der Waals surface area contributed by atoms with E-state index in [9.17, 15) is 0 Å². The summed E-state index contributed by atoms with van der Waals surface area (Å²) in [7, 11) is -0.766. The summed E-state index contributed by atoms with van der Waals surface area (Å²) in [6.45, 7) is 0. The van der Waals surface area contributed by atoms with Crippen molar-refractivity contribution in [2.45, 2.75) is 0 Å². The van der Waals surface area contributed by atoms with Crippen LogP contribution in [-0.2, 0) is 7.05 Å². The van der Waals surface area contributed by atoms with E-state index in [2.05, 4.69) is 137 Å². The molecule has 0 aliphatic heterocycles. The van der Waals surface area contributed by atoms with Crippen molar-refractivity contribution in [1.29, 1.82) is 0 Å². The Kier molecular flexibility index (Phi) is 5.44. The zero-order valence-corrected chi connectivity index (χ0v) is 19.0. The van der Waals surface area contributed by atoms with Crippen molar-refractivity contribution in [2.75, 3.05) is 4.57 Å². The molecule has 0 aliphatic rings. The molecule has 5 aromatic rings. The van der Waals surface area contributed by atoms with Crippen molar-refractivity contribution >= 4 is 35.2 Å². The quantitative estimate of drug-likeness (QED) is 0.296. The maximum Gasteiger partial charge on any atom is 0.257 e. The van der Waals surface area contributed by atoms with Crippen LogP contribution < -0.4 is 20.1 Å². The zero-order valence-electron chi connectivity index (χ0n) is 18.0. The van der Waals surface area contributed by atoms with Gasteiger partial charge in [0.05, 0.1) is 11.9 Å². The maximum absolute atomic E-state index is 4.55. The molecule has 0 atom stereocenters. The van der Waals surface area contributed by atoms with Crippen LogP contribution in [0.5, 0.6) is 0 Å². The van der Waals surface area contributed by atoms with Crippen molar-refractivity contribution in [2.24, 2.45) is 7.05 Å². The molecule has 156 valence electrons. The summed E-state index contributed by atoms with van der Waals surface area (Å²) in [4.78, 5) is 0. The molecule has 32 heavy (non-hydrogen) atoms. The normalized spacial score (nSPS) is 11.3. The Balaban J connectivity index is 1.94. The third kappa shape index (κ3) is 3.45. The maximum atomic E-state index is 4.55. The second-order valence-electron chi connectivity index (χ2n) is 7.85. The molecular weight excluding hydrogens is 406 g/mol. The van der Waals surface area contributed by atoms with E-state index in [0.29, 0.717) is 0 Å². The first-order valence-electron chi connectivity index (χ1n) is 10.8. The second kappa shape index (κ2) is 8.69. The average molecular weight is 432 g/mol. The number of benzene rings is 4. The van der Waals surface area contributed by atoms with Crippen molar-refractivity contribution in [1.82, 2.24) is 9.78 Å². The van der Waals surface area contributed by atoms with E-state index < -0.39 is 8.24 Å². The molecule has 0 unspecified atom stereocenters. The molecule has 3 nitrogen and oxygen atoms in total. The van der Waals surface area contributed by atoms with Gasteiger partial charge in [0.25, 0.3) is 8.24 Å². The van der Waals surface area contributed by atoms with Gasteiger partial charge in [-0.15, -0.1) is 0 Å². The number of nitrogens with zero attached hydrogens (tertiary/aromatic N) is 3. The molecule has 4 heteroatoms. The van der Waals surface area contributed by atoms with E-state index in [0.717, 1.165) is 11.4 Å². The summed E-state index contributed by atoms with van der Waals surface area (Å²) >= 11 is 0. The van der Waals surface area contributed by atoms with Crippen LogP contribution in [0.1, 0.15) is 0 Å². The Labute approximate surface area is 190 Å². The molecule has 0 amide bonds. The number of hydrogen-bond donors (Lipinski definition) is 0. The molecule has 1 heterocycles. The van der Waals surface area contributed by atoms with E-state index in [-0.39, 0.29) is 0 Å². The van der Waals surface area contributed by atoms with E-state index >= 15 is 0 Å². The van der Waals surface area contributed by atoms with Crippen molar-refractivity contribution < 1.29 is 0 Å². The van der Waals surface area contributed by atoms with E-state index in [1.54, 1.807) is 0 Å². The molecule has 0 saturated heterocycles. The minimum atomic E-state index is -2.74. The Morgan fingerprint density at radius 1 is 0.562 bits per heavy atom. The third-order valence-corrected chi connectivity index (χ3v) is 10.6. The van der Waals surface area contributed by atoms with E-state index in [4.69, 9.17) is 0 Å². The van der Waals surface area contributed by atoms with Gasteiger partial charge in [-0.25, -0.2) is 0 Å². The van der Waals surface area contributed by atoms with Crippen LogP contribution in [0, 0.1) is 0 Å². The van der Waals surface area contributed by atoms with Crippen LogP contribution in [-0.4, -0.2) is 18.0 Å². The lowest BCUT2D eigenvalue weighted by molar-refractivity contribution is 0.768. The first-order valence-corrected chi connectivity index (χ1v) is 12.8. The molecule has 0 radical (unpaired) electrons. The summed E-state index contributed by atoms with van der Waals surface area (Å²) in [5, 5.41) is 8.53. The number of aryl methyl sites for hydroxylation is 1. The third-order valence-electron chi connectivity index (χ3n) is 5.87. The highest BCUT2D eigenvalue weighted by Crippen LogP contribution is 2.31. The minimum absolute atomic E-state index is 1.09. The van der Waals surface area contributed by atoms with E-state index in [1.807, 2.05) is 17.9 Å². The van der Waals surface area contributed by atoms with Gasteiger partial charge in [-0.05, 0) is 27.7 Å². The zero-order chi connectivity index (χ0) is 21.8. The van der Waals surface area contributed by atoms with Crippen LogP contribution in [0.25, 0.3) is 0 Å². The fourth-order valence-electron chi connectivity index (χ4n) is 4.56. The molecule has 0 fully saturated rings. The summed E-state index contributed by atoms with van der Waals surface area (Å²) in [6, 6.07) is 43.5. The number of anilines is 2.